The van der Waals surface area contributed by atoms with Crippen LogP contribution in [0.25, 0.3) is 0 Å². The van der Waals surface area contributed by atoms with Crippen LogP contribution in [0.3, 0.4) is 0 Å². The number of hydrogen-bond donors (Lipinski definition) is 2. The lowest BCUT2D eigenvalue weighted by molar-refractivity contribution is 0.102. The van der Waals surface area contributed by atoms with Crippen LogP contribution in [0.15, 0.2) is 52.4 Å². The summed E-state index contributed by atoms with van der Waals surface area (Å²) in [6.07, 6.45) is 2.50. The minimum atomic E-state index is -3.91. The zero-order valence-electron chi connectivity index (χ0n) is 15.4. The first-order valence-corrected chi connectivity index (χ1v) is 9.58. The molecular weight excluding hydrogens is 384 g/mol. The number of anilines is 2. The lowest BCUT2D eigenvalue weighted by Gasteiger charge is -2.21. The van der Waals surface area contributed by atoms with Gasteiger partial charge in [-0.05, 0) is 25.1 Å². The molecule has 0 saturated heterocycles. The van der Waals surface area contributed by atoms with Crippen LogP contribution in [0.2, 0.25) is 0 Å². The van der Waals surface area contributed by atoms with Gasteiger partial charge in [0.05, 0.1) is 11.1 Å². The summed E-state index contributed by atoms with van der Waals surface area (Å²) in [6, 6.07) is 7.79. The highest BCUT2D eigenvalue weighted by atomic mass is 32.2. The highest BCUT2D eigenvalue weighted by molar-refractivity contribution is 7.92. The molecule has 2 N–H and O–H groups in total. The molecule has 0 saturated carbocycles. The van der Waals surface area contributed by atoms with E-state index in [0.29, 0.717) is 0 Å². The van der Waals surface area contributed by atoms with Crippen molar-refractivity contribution in [2.45, 2.75) is 11.8 Å². The van der Waals surface area contributed by atoms with Crippen LogP contribution in [0.4, 0.5) is 11.6 Å². The number of hydrogen-bond acceptors (Lipinski definition) is 6. The minimum absolute atomic E-state index is 0.0262. The van der Waals surface area contributed by atoms with Gasteiger partial charge in [-0.1, -0.05) is 17.7 Å². The summed E-state index contributed by atoms with van der Waals surface area (Å²) in [5, 5.41) is 6.50. The lowest BCUT2D eigenvalue weighted by Crippen LogP contribution is -2.30. The topological polar surface area (TPSA) is 130 Å². The Hall–Kier alpha value is -3.47. The number of rotatable bonds is 5. The van der Waals surface area contributed by atoms with Crippen molar-refractivity contribution in [3.63, 3.8) is 0 Å². The van der Waals surface area contributed by atoms with Crippen molar-refractivity contribution in [1.29, 1.82) is 0 Å². The maximum absolute atomic E-state index is 13.0. The Kier molecular flexibility index (Phi) is 5.01. The fourth-order valence-electron chi connectivity index (χ4n) is 2.58. The van der Waals surface area contributed by atoms with Gasteiger partial charge in [0.1, 0.15) is 11.4 Å². The monoisotopic (exact) mass is 402 g/mol. The number of carbonyl (C=O) groups excluding carboxylic acids is 1. The first-order valence-electron chi connectivity index (χ1n) is 8.14. The Bertz CT molecular complexity index is 1180. The molecule has 1 amide bonds. The third kappa shape index (κ3) is 3.64. The van der Waals surface area contributed by atoms with Gasteiger partial charge in [-0.25, -0.2) is 18.2 Å². The number of aromatic amines is 1. The van der Waals surface area contributed by atoms with Crippen molar-refractivity contribution in [2.75, 3.05) is 16.7 Å². The molecule has 10 nitrogen and oxygen atoms in total. The van der Waals surface area contributed by atoms with Crippen molar-refractivity contribution < 1.29 is 13.2 Å². The second-order valence-corrected chi connectivity index (χ2v) is 8.00. The largest absolute Gasteiger partial charge is 0.346 e. The summed E-state index contributed by atoms with van der Waals surface area (Å²) < 4.78 is 28.2. The van der Waals surface area contributed by atoms with E-state index in [1.165, 1.54) is 49.4 Å². The molecule has 3 rings (SSSR count). The molecule has 0 aliphatic heterocycles. The van der Waals surface area contributed by atoms with Crippen LogP contribution in [0, 0.1) is 6.92 Å². The number of carbonyl (C=O) groups is 1. The number of amides is 1. The van der Waals surface area contributed by atoms with Gasteiger partial charge < -0.3 is 5.32 Å². The summed E-state index contributed by atoms with van der Waals surface area (Å²) in [4.78, 5) is 29.9. The molecule has 0 radical (unpaired) electrons. The Morgan fingerprint density at radius 1 is 1.21 bits per heavy atom. The molecule has 0 bridgehead atoms. The van der Waals surface area contributed by atoms with Crippen molar-refractivity contribution in [2.24, 2.45) is 7.05 Å². The van der Waals surface area contributed by atoms with E-state index >= 15 is 0 Å². The maximum atomic E-state index is 13.0. The zero-order chi connectivity index (χ0) is 20.5. The number of sulfonamides is 1. The Morgan fingerprint density at radius 3 is 2.54 bits per heavy atom. The van der Waals surface area contributed by atoms with Crippen molar-refractivity contribution >= 4 is 27.6 Å². The van der Waals surface area contributed by atoms with Gasteiger partial charge in [-0.15, -0.1) is 0 Å². The second-order valence-electron chi connectivity index (χ2n) is 6.03. The molecule has 3 aromatic rings. The Balaban J connectivity index is 1.96. The summed E-state index contributed by atoms with van der Waals surface area (Å²) in [5.41, 5.74) is 0.329. The Morgan fingerprint density at radius 2 is 1.89 bits per heavy atom. The third-order valence-corrected chi connectivity index (χ3v) is 5.81. The normalized spacial score (nSPS) is 11.2. The van der Waals surface area contributed by atoms with E-state index in [0.717, 1.165) is 9.87 Å². The van der Waals surface area contributed by atoms with Crippen molar-refractivity contribution in [3.05, 3.63) is 64.3 Å². The van der Waals surface area contributed by atoms with Crippen LogP contribution in [0.1, 0.15) is 15.9 Å². The molecule has 11 heteroatoms. The number of benzene rings is 1. The second kappa shape index (κ2) is 7.27. The fourth-order valence-corrected chi connectivity index (χ4v) is 3.82. The van der Waals surface area contributed by atoms with Gasteiger partial charge >= 0.3 is 5.69 Å². The number of nitrogens with zero attached hydrogens (tertiary/aromatic N) is 4. The molecule has 0 aliphatic carbocycles. The van der Waals surface area contributed by atoms with E-state index in [1.807, 2.05) is 6.92 Å². The summed E-state index contributed by atoms with van der Waals surface area (Å²) in [6.45, 7) is 1.85. The average molecular weight is 402 g/mol. The van der Waals surface area contributed by atoms with Gasteiger partial charge in [0, 0.05) is 20.3 Å². The maximum Gasteiger partial charge on any atom is 0.346 e. The highest BCUT2D eigenvalue weighted by Crippen LogP contribution is 2.26. The van der Waals surface area contributed by atoms with Crippen LogP contribution in [-0.2, 0) is 17.1 Å². The quantitative estimate of drug-likeness (QED) is 0.652. The SMILES string of the molecule is Cc1ccc(S(=O)(=O)N(C)c2c(C(=O)Nc3ccnc(=O)[nH]3)cnn2C)cc1. The van der Waals surface area contributed by atoms with Gasteiger partial charge in [-0.3, -0.25) is 18.8 Å². The average Bonchev–Trinajstić information content (AvgIpc) is 3.03. The van der Waals surface area contributed by atoms with Crippen molar-refractivity contribution in [1.82, 2.24) is 19.7 Å². The van der Waals surface area contributed by atoms with Crippen LogP contribution in [0.5, 0.6) is 0 Å². The van der Waals surface area contributed by atoms with Gasteiger partial charge in [0.15, 0.2) is 5.82 Å². The Labute approximate surface area is 160 Å². The van der Waals surface area contributed by atoms with Gasteiger partial charge in [0.25, 0.3) is 15.9 Å². The highest BCUT2D eigenvalue weighted by Gasteiger charge is 2.28. The standard InChI is InChI=1S/C17H18N6O4S/c1-11-4-6-12(7-5-11)28(26,27)23(3)16-13(10-19-22(16)2)15(24)20-14-8-9-18-17(25)21-14/h4-10H,1-3H3,(H2,18,20,21,24,25). The summed E-state index contributed by atoms with van der Waals surface area (Å²) in [5.74, 6) is -0.422. The minimum Gasteiger partial charge on any atom is -0.308 e. The first kappa shape index (κ1) is 19.3. The molecule has 28 heavy (non-hydrogen) atoms. The zero-order valence-corrected chi connectivity index (χ0v) is 16.2. The molecule has 0 fully saturated rings. The third-order valence-electron chi connectivity index (χ3n) is 4.05. The molecular formula is C17H18N6O4S. The molecule has 2 heterocycles. The van der Waals surface area contributed by atoms with E-state index in [9.17, 15) is 18.0 Å². The molecule has 0 spiro atoms. The molecule has 146 valence electrons. The van der Waals surface area contributed by atoms with E-state index in [4.69, 9.17) is 0 Å². The van der Waals surface area contributed by atoms with Crippen molar-refractivity contribution in [3.8, 4) is 0 Å². The summed E-state index contributed by atoms with van der Waals surface area (Å²) >= 11 is 0. The smallest absolute Gasteiger partial charge is 0.308 e. The van der Waals surface area contributed by atoms with Gasteiger partial charge in [0.2, 0.25) is 0 Å². The number of aryl methyl sites for hydroxylation is 2. The molecule has 2 aromatic heterocycles. The number of nitrogens with one attached hydrogen (secondary N) is 2. The molecule has 0 aliphatic rings. The van der Waals surface area contributed by atoms with E-state index < -0.39 is 21.6 Å². The predicted octanol–water partition coefficient (Wildman–Crippen LogP) is 0.889. The van der Waals surface area contributed by atoms with E-state index in [-0.39, 0.29) is 22.1 Å². The van der Waals surface area contributed by atoms with Crippen LogP contribution >= 0.6 is 0 Å². The number of H-pyrrole nitrogens is 1. The molecule has 0 unspecified atom stereocenters. The van der Waals surface area contributed by atoms with Crippen LogP contribution in [-0.4, -0.2) is 41.1 Å². The van der Waals surface area contributed by atoms with Gasteiger partial charge in [-0.2, -0.15) is 5.10 Å². The lowest BCUT2D eigenvalue weighted by atomic mass is 10.2. The molecule has 1 aromatic carbocycles. The summed E-state index contributed by atoms with van der Waals surface area (Å²) in [7, 11) is -1.04. The number of aromatic nitrogens is 4. The molecule has 0 atom stereocenters. The van der Waals surface area contributed by atoms with Crippen LogP contribution < -0.4 is 15.3 Å². The first-order chi connectivity index (χ1) is 13.2. The predicted molar refractivity (Wildman–Crippen MR) is 103 cm³/mol. The van der Waals surface area contributed by atoms with E-state index in [1.54, 1.807) is 12.1 Å². The van der Waals surface area contributed by atoms with E-state index in [2.05, 4.69) is 20.4 Å². The fraction of sp³-hybridized carbons (Fsp3) is 0.176.